The third-order valence-corrected chi connectivity index (χ3v) is 1.84. The van der Waals surface area contributed by atoms with E-state index >= 15 is 0 Å². The number of carbonyl (C=O) groups excluding carboxylic acids is 1. The minimum absolute atomic E-state index is 0.0345. The molecular weight excluding hydrogens is 172 g/mol. The van der Waals surface area contributed by atoms with Gasteiger partial charge in [-0.15, -0.1) is 0 Å². The van der Waals surface area contributed by atoms with E-state index in [0.29, 0.717) is 0 Å². The van der Waals surface area contributed by atoms with Crippen molar-refractivity contribution in [3.05, 3.63) is 0 Å². The van der Waals surface area contributed by atoms with E-state index in [1.165, 1.54) is 13.8 Å². The molecule has 0 amide bonds. The van der Waals surface area contributed by atoms with Crippen LogP contribution < -0.4 is 0 Å². The fourth-order valence-corrected chi connectivity index (χ4v) is 1.28. The van der Waals surface area contributed by atoms with Crippen LogP contribution in [0.25, 0.3) is 0 Å². The molecule has 0 spiro atoms. The van der Waals surface area contributed by atoms with E-state index in [-0.39, 0.29) is 18.6 Å². The van der Waals surface area contributed by atoms with Gasteiger partial charge in [0.05, 0.1) is 11.7 Å². The van der Waals surface area contributed by atoms with Crippen LogP contribution in [0.5, 0.6) is 0 Å². The maximum absolute atomic E-state index is 10.7. The van der Waals surface area contributed by atoms with Crippen molar-refractivity contribution in [3.63, 3.8) is 0 Å². The maximum Gasteiger partial charge on any atom is 0.158 e. The molecule has 0 saturated carbocycles. The number of carbonyl (C=O) groups is 1. The lowest BCUT2D eigenvalue weighted by molar-refractivity contribution is -0.129. The van der Waals surface area contributed by atoms with Crippen LogP contribution in [0.15, 0.2) is 0 Å². The Hall–Kier alpha value is -0.450. The molecule has 0 aliphatic heterocycles. The molecule has 78 valence electrons. The predicted octanol–water partition coefficient (Wildman–Crippen LogP) is -0.152. The Morgan fingerprint density at radius 3 is 2.15 bits per heavy atom. The lowest BCUT2D eigenvalue weighted by Gasteiger charge is -2.26. The number of ketones is 1. The lowest BCUT2D eigenvalue weighted by Crippen LogP contribution is -2.35. The SMILES string of the molecule is CC(=O)C(O)CC(C)(O)CC(C)O. The zero-order chi connectivity index (χ0) is 10.6. The van der Waals surface area contributed by atoms with Crippen molar-refractivity contribution in [2.24, 2.45) is 0 Å². The molecule has 4 nitrogen and oxygen atoms in total. The average Bonchev–Trinajstić information content (AvgIpc) is 1.81. The fourth-order valence-electron chi connectivity index (χ4n) is 1.28. The summed E-state index contributed by atoms with van der Waals surface area (Å²) in [4.78, 5) is 10.7. The molecule has 0 heterocycles. The molecule has 0 bridgehead atoms. The zero-order valence-corrected chi connectivity index (χ0v) is 8.32. The summed E-state index contributed by atoms with van der Waals surface area (Å²) in [6.45, 7) is 4.31. The predicted molar refractivity (Wildman–Crippen MR) is 48.2 cm³/mol. The average molecular weight is 190 g/mol. The molecule has 0 fully saturated rings. The summed E-state index contributed by atoms with van der Waals surface area (Å²) in [5, 5.41) is 27.8. The number of hydrogen-bond donors (Lipinski definition) is 3. The molecule has 0 rings (SSSR count). The van der Waals surface area contributed by atoms with Crippen molar-refractivity contribution in [2.75, 3.05) is 0 Å². The highest BCUT2D eigenvalue weighted by Gasteiger charge is 2.27. The monoisotopic (exact) mass is 190 g/mol. The highest BCUT2D eigenvalue weighted by molar-refractivity contribution is 5.80. The van der Waals surface area contributed by atoms with Crippen LogP contribution in [0.4, 0.5) is 0 Å². The Balaban J connectivity index is 4.08. The van der Waals surface area contributed by atoms with Gasteiger partial charge in [0.25, 0.3) is 0 Å². The van der Waals surface area contributed by atoms with Crippen LogP contribution in [0, 0.1) is 0 Å². The molecule has 0 aliphatic carbocycles. The first-order chi connectivity index (χ1) is 5.74. The Kier molecular flexibility index (Phi) is 4.53. The van der Waals surface area contributed by atoms with Gasteiger partial charge >= 0.3 is 0 Å². The zero-order valence-electron chi connectivity index (χ0n) is 8.32. The van der Waals surface area contributed by atoms with Gasteiger partial charge in [0.1, 0.15) is 6.10 Å². The summed E-state index contributed by atoms with van der Waals surface area (Å²) >= 11 is 0. The summed E-state index contributed by atoms with van der Waals surface area (Å²) in [6, 6.07) is 0. The molecule has 0 aromatic rings. The summed E-state index contributed by atoms with van der Waals surface area (Å²) in [5.41, 5.74) is -1.20. The molecule has 0 aromatic carbocycles. The number of hydrogen-bond acceptors (Lipinski definition) is 4. The van der Waals surface area contributed by atoms with Gasteiger partial charge in [-0.2, -0.15) is 0 Å². The minimum Gasteiger partial charge on any atom is -0.393 e. The Labute approximate surface area is 78.2 Å². The smallest absolute Gasteiger partial charge is 0.158 e. The van der Waals surface area contributed by atoms with Crippen LogP contribution in [0.1, 0.15) is 33.6 Å². The highest BCUT2D eigenvalue weighted by Crippen LogP contribution is 2.19. The van der Waals surface area contributed by atoms with Crippen molar-refractivity contribution in [3.8, 4) is 0 Å². The van der Waals surface area contributed by atoms with E-state index in [0.717, 1.165) is 0 Å². The molecule has 3 atom stereocenters. The molecular formula is C9H18O4. The second kappa shape index (κ2) is 4.69. The highest BCUT2D eigenvalue weighted by atomic mass is 16.3. The quantitative estimate of drug-likeness (QED) is 0.563. The molecule has 0 saturated heterocycles. The van der Waals surface area contributed by atoms with Crippen molar-refractivity contribution < 1.29 is 20.1 Å². The Morgan fingerprint density at radius 2 is 1.85 bits per heavy atom. The minimum atomic E-state index is -1.20. The second-order valence-electron chi connectivity index (χ2n) is 3.88. The molecule has 4 heteroatoms. The summed E-state index contributed by atoms with van der Waals surface area (Å²) in [6.07, 6.45) is -1.67. The standard InChI is InChI=1S/C9H18O4/c1-6(10)4-9(3,13)5-8(12)7(2)11/h6,8,10,12-13H,4-5H2,1-3H3. The van der Waals surface area contributed by atoms with Crippen molar-refractivity contribution in [2.45, 2.75) is 51.4 Å². The largest absolute Gasteiger partial charge is 0.393 e. The van der Waals surface area contributed by atoms with E-state index in [2.05, 4.69) is 0 Å². The third-order valence-electron chi connectivity index (χ3n) is 1.84. The van der Waals surface area contributed by atoms with Crippen LogP contribution in [0.2, 0.25) is 0 Å². The van der Waals surface area contributed by atoms with Crippen molar-refractivity contribution in [1.82, 2.24) is 0 Å². The lowest BCUT2D eigenvalue weighted by atomic mass is 9.91. The molecule has 13 heavy (non-hydrogen) atoms. The van der Waals surface area contributed by atoms with Gasteiger partial charge < -0.3 is 15.3 Å². The van der Waals surface area contributed by atoms with E-state index in [1.54, 1.807) is 6.92 Å². The van der Waals surface area contributed by atoms with Gasteiger partial charge in [0.2, 0.25) is 0 Å². The Morgan fingerprint density at radius 1 is 1.38 bits per heavy atom. The number of rotatable bonds is 5. The van der Waals surface area contributed by atoms with E-state index in [9.17, 15) is 15.0 Å². The van der Waals surface area contributed by atoms with Gasteiger partial charge in [-0.25, -0.2) is 0 Å². The maximum atomic E-state index is 10.7. The van der Waals surface area contributed by atoms with Crippen LogP contribution in [-0.4, -0.2) is 38.9 Å². The Bertz CT molecular complexity index is 174. The normalized spacial score (nSPS) is 20.5. The molecule has 0 aromatic heterocycles. The molecule has 0 aliphatic rings. The second-order valence-corrected chi connectivity index (χ2v) is 3.88. The summed E-state index contributed by atoms with van der Waals surface area (Å²) < 4.78 is 0. The van der Waals surface area contributed by atoms with Crippen LogP contribution in [-0.2, 0) is 4.79 Å². The first kappa shape index (κ1) is 12.6. The fraction of sp³-hybridized carbons (Fsp3) is 0.889. The van der Waals surface area contributed by atoms with Gasteiger partial charge in [-0.3, -0.25) is 4.79 Å². The van der Waals surface area contributed by atoms with Gasteiger partial charge in [0.15, 0.2) is 5.78 Å². The molecule has 3 N–H and O–H groups in total. The van der Waals surface area contributed by atoms with E-state index in [1.807, 2.05) is 0 Å². The number of aliphatic hydroxyl groups is 3. The molecule has 0 radical (unpaired) electrons. The summed E-state index contributed by atoms with van der Waals surface area (Å²) in [7, 11) is 0. The van der Waals surface area contributed by atoms with Crippen LogP contribution >= 0.6 is 0 Å². The number of Topliss-reactive ketones (excluding diaryl/α,β-unsaturated/α-hetero) is 1. The van der Waals surface area contributed by atoms with Gasteiger partial charge in [-0.05, 0) is 20.8 Å². The first-order valence-electron chi connectivity index (χ1n) is 4.33. The number of aliphatic hydroxyl groups excluding tert-OH is 2. The van der Waals surface area contributed by atoms with Gasteiger partial charge in [-0.1, -0.05) is 0 Å². The molecule has 3 unspecified atom stereocenters. The van der Waals surface area contributed by atoms with Crippen LogP contribution in [0.3, 0.4) is 0 Å². The van der Waals surface area contributed by atoms with Crippen molar-refractivity contribution >= 4 is 5.78 Å². The van der Waals surface area contributed by atoms with E-state index < -0.39 is 17.8 Å². The van der Waals surface area contributed by atoms with Gasteiger partial charge in [0, 0.05) is 12.8 Å². The topological polar surface area (TPSA) is 77.8 Å². The first-order valence-corrected chi connectivity index (χ1v) is 4.33. The summed E-state index contributed by atoms with van der Waals surface area (Å²) in [5.74, 6) is -0.370. The third kappa shape index (κ3) is 5.74. The van der Waals surface area contributed by atoms with E-state index in [4.69, 9.17) is 5.11 Å². The van der Waals surface area contributed by atoms with Crippen molar-refractivity contribution in [1.29, 1.82) is 0 Å².